The molecule has 0 aromatic carbocycles. The summed E-state index contributed by atoms with van der Waals surface area (Å²) >= 11 is 0. The van der Waals surface area contributed by atoms with Gasteiger partial charge in [0, 0.05) is 13.2 Å². The number of rotatable bonds is 36. The lowest BCUT2D eigenvalue weighted by Crippen LogP contribution is -2.02. The molecule has 0 amide bonds. The van der Waals surface area contributed by atoms with Crippen LogP contribution in [0.25, 0.3) is 0 Å². The number of hydrogen-bond acceptors (Lipinski definition) is 2. The number of hydrogen-bond donors (Lipinski definition) is 2. The third-order valence-electron chi connectivity index (χ3n) is 9.26. The van der Waals surface area contributed by atoms with Crippen molar-refractivity contribution in [1.29, 1.82) is 0 Å². The maximum Gasteiger partial charge on any atom is 0.0431 e. The third kappa shape index (κ3) is 34.1. The van der Waals surface area contributed by atoms with Crippen molar-refractivity contribution in [3.63, 3.8) is 0 Å². The minimum atomic E-state index is 0.370. The van der Waals surface area contributed by atoms with Crippen LogP contribution in [0.2, 0.25) is 0 Å². The maximum atomic E-state index is 9.14. The lowest BCUT2D eigenvalue weighted by Gasteiger charge is -2.17. The maximum absolute atomic E-state index is 9.14. The molecular formula is C38H78O2. The second-order valence-corrected chi connectivity index (χ2v) is 13.3. The highest BCUT2D eigenvalue weighted by Gasteiger charge is 2.08. The van der Waals surface area contributed by atoms with E-state index in [-0.39, 0.29) is 0 Å². The van der Waals surface area contributed by atoms with Gasteiger partial charge in [0.05, 0.1) is 0 Å². The van der Waals surface area contributed by atoms with E-state index in [9.17, 15) is 0 Å². The van der Waals surface area contributed by atoms with E-state index in [0.29, 0.717) is 13.2 Å². The number of aliphatic hydroxyl groups is 2. The van der Waals surface area contributed by atoms with E-state index >= 15 is 0 Å². The van der Waals surface area contributed by atoms with Crippen LogP contribution in [0, 0.1) is 5.92 Å². The summed E-state index contributed by atoms with van der Waals surface area (Å²) in [6, 6.07) is 0. The van der Waals surface area contributed by atoms with Gasteiger partial charge in [-0.15, -0.1) is 0 Å². The predicted octanol–water partition coefficient (Wildman–Crippen LogP) is 12.9. The Morgan fingerprint density at radius 1 is 0.275 bits per heavy atom. The number of unbranched alkanes of at least 4 members (excludes halogenated alkanes) is 28. The van der Waals surface area contributed by atoms with Crippen LogP contribution < -0.4 is 0 Å². The van der Waals surface area contributed by atoms with Gasteiger partial charge in [-0.05, 0) is 18.8 Å². The van der Waals surface area contributed by atoms with Gasteiger partial charge in [0.1, 0.15) is 0 Å². The molecule has 0 aromatic heterocycles. The molecule has 0 saturated carbocycles. The zero-order valence-corrected chi connectivity index (χ0v) is 27.9. The molecular weight excluding hydrogens is 488 g/mol. The zero-order chi connectivity index (χ0) is 29.0. The molecule has 2 N–H and O–H groups in total. The molecule has 0 heterocycles. The van der Waals surface area contributed by atoms with E-state index < -0.39 is 0 Å². The Balaban J connectivity index is 3.35. The fourth-order valence-corrected chi connectivity index (χ4v) is 6.45. The smallest absolute Gasteiger partial charge is 0.0431 e. The Hall–Kier alpha value is -0.0800. The summed E-state index contributed by atoms with van der Waals surface area (Å²) in [4.78, 5) is 0. The van der Waals surface area contributed by atoms with Crippen LogP contribution in [-0.4, -0.2) is 23.4 Å². The first kappa shape index (κ1) is 39.9. The lowest BCUT2D eigenvalue weighted by atomic mass is 9.90. The van der Waals surface area contributed by atoms with Gasteiger partial charge < -0.3 is 10.2 Å². The highest BCUT2D eigenvalue weighted by molar-refractivity contribution is 4.62. The van der Waals surface area contributed by atoms with Crippen molar-refractivity contribution < 1.29 is 10.2 Å². The lowest BCUT2D eigenvalue weighted by molar-refractivity contribution is 0.272. The molecule has 0 fully saturated rings. The van der Waals surface area contributed by atoms with Crippen LogP contribution in [-0.2, 0) is 0 Å². The zero-order valence-electron chi connectivity index (χ0n) is 27.9. The van der Waals surface area contributed by atoms with Gasteiger partial charge >= 0.3 is 0 Å². The van der Waals surface area contributed by atoms with Crippen LogP contribution in [0.3, 0.4) is 0 Å². The van der Waals surface area contributed by atoms with Crippen molar-refractivity contribution in [2.45, 2.75) is 225 Å². The second-order valence-electron chi connectivity index (χ2n) is 13.3. The van der Waals surface area contributed by atoms with E-state index in [1.54, 1.807) is 0 Å². The van der Waals surface area contributed by atoms with Crippen LogP contribution >= 0.6 is 0 Å². The van der Waals surface area contributed by atoms with E-state index in [2.05, 4.69) is 6.92 Å². The van der Waals surface area contributed by atoms with Gasteiger partial charge in [-0.2, -0.15) is 0 Å². The second kappa shape index (κ2) is 36.9. The molecule has 0 aliphatic carbocycles. The van der Waals surface area contributed by atoms with E-state index in [1.165, 1.54) is 205 Å². The largest absolute Gasteiger partial charge is 0.396 e. The van der Waals surface area contributed by atoms with Crippen molar-refractivity contribution in [2.75, 3.05) is 13.2 Å². The van der Waals surface area contributed by atoms with E-state index in [4.69, 9.17) is 10.2 Å². The fourth-order valence-electron chi connectivity index (χ4n) is 6.45. The van der Waals surface area contributed by atoms with Gasteiger partial charge in [-0.1, -0.05) is 212 Å². The molecule has 0 aliphatic heterocycles. The average molecular weight is 567 g/mol. The first-order valence-electron chi connectivity index (χ1n) is 19.1. The minimum Gasteiger partial charge on any atom is -0.396 e. The summed E-state index contributed by atoms with van der Waals surface area (Å²) in [6.45, 7) is 3.05. The summed E-state index contributed by atoms with van der Waals surface area (Å²) in [7, 11) is 0. The van der Waals surface area contributed by atoms with Gasteiger partial charge in [0.2, 0.25) is 0 Å². The first-order valence-corrected chi connectivity index (χ1v) is 19.1. The van der Waals surface area contributed by atoms with Crippen molar-refractivity contribution in [3.05, 3.63) is 0 Å². The van der Waals surface area contributed by atoms with Gasteiger partial charge in [0.25, 0.3) is 0 Å². The van der Waals surface area contributed by atoms with E-state index in [0.717, 1.165) is 18.8 Å². The van der Waals surface area contributed by atoms with Gasteiger partial charge in [-0.3, -0.25) is 0 Å². The van der Waals surface area contributed by atoms with Crippen molar-refractivity contribution in [1.82, 2.24) is 0 Å². The summed E-state index contributed by atoms with van der Waals surface area (Å²) < 4.78 is 0. The summed E-state index contributed by atoms with van der Waals surface area (Å²) in [5, 5.41) is 17.9. The van der Waals surface area contributed by atoms with Crippen LogP contribution in [0.1, 0.15) is 225 Å². The van der Waals surface area contributed by atoms with Crippen molar-refractivity contribution in [2.24, 2.45) is 5.92 Å². The highest BCUT2D eigenvalue weighted by atomic mass is 16.3. The molecule has 0 aromatic rings. The monoisotopic (exact) mass is 567 g/mol. The molecule has 1 unspecified atom stereocenters. The molecule has 0 bridgehead atoms. The standard InChI is InChI=1S/C38H78O2/c1-2-3-4-5-25-28-33-38(35-30-32-37-40)34-29-26-23-21-19-17-15-13-11-9-7-6-8-10-12-14-16-18-20-22-24-27-31-36-39/h38-40H,2-37H2,1H3. The normalized spacial score (nSPS) is 12.4. The highest BCUT2D eigenvalue weighted by Crippen LogP contribution is 2.24. The average Bonchev–Trinajstić information content (AvgIpc) is 2.96. The topological polar surface area (TPSA) is 40.5 Å². The molecule has 2 heteroatoms. The molecule has 0 radical (unpaired) electrons. The Labute approximate surface area is 254 Å². The number of aliphatic hydroxyl groups excluding tert-OH is 2. The Morgan fingerprint density at radius 3 is 0.750 bits per heavy atom. The SMILES string of the molecule is CCCCCCCCC(CCCCO)CCCCCCCCCCCCCCCCCCCCCCCCCO. The molecule has 0 saturated heterocycles. The summed E-state index contributed by atoms with van der Waals surface area (Å²) in [5.74, 6) is 0.923. The van der Waals surface area contributed by atoms with Crippen molar-refractivity contribution >= 4 is 0 Å². The van der Waals surface area contributed by atoms with Gasteiger partial charge in [0.15, 0.2) is 0 Å². The molecule has 40 heavy (non-hydrogen) atoms. The van der Waals surface area contributed by atoms with Crippen LogP contribution in [0.15, 0.2) is 0 Å². The molecule has 0 spiro atoms. The molecule has 0 aliphatic rings. The quantitative estimate of drug-likeness (QED) is 0.0740. The predicted molar refractivity (Wildman–Crippen MR) is 180 cm³/mol. The fraction of sp³-hybridized carbons (Fsp3) is 1.00. The first-order chi connectivity index (χ1) is 19.8. The van der Waals surface area contributed by atoms with Crippen molar-refractivity contribution in [3.8, 4) is 0 Å². The Bertz CT molecular complexity index is 424. The van der Waals surface area contributed by atoms with Gasteiger partial charge in [-0.25, -0.2) is 0 Å². The Morgan fingerprint density at radius 2 is 0.475 bits per heavy atom. The Kier molecular flexibility index (Phi) is 36.9. The van der Waals surface area contributed by atoms with Crippen LogP contribution in [0.5, 0.6) is 0 Å². The molecule has 242 valence electrons. The summed E-state index contributed by atoms with van der Waals surface area (Å²) in [6.07, 6.45) is 47.4. The third-order valence-corrected chi connectivity index (χ3v) is 9.26. The van der Waals surface area contributed by atoms with E-state index in [1.807, 2.05) is 0 Å². The minimum absolute atomic E-state index is 0.370. The summed E-state index contributed by atoms with van der Waals surface area (Å²) in [5.41, 5.74) is 0. The molecule has 2 nitrogen and oxygen atoms in total. The molecule has 1 atom stereocenters. The van der Waals surface area contributed by atoms with Crippen LogP contribution in [0.4, 0.5) is 0 Å². The molecule has 0 rings (SSSR count).